The van der Waals surface area contributed by atoms with Gasteiger partial charge >= 0.3 is 5.97 Å². The van der Waals surface area contributed by atoms with Gasteiger partial charge in [-0.15, -0.1) is 0 Å². The fourth-order valence-corrected chi connectivity index (χ4v) is 4.67. The first-order valence-electron chi connectivity index (χ1n) is 9.39. The van der Waals surface area contributed by atoms with Crippen LogP contribution in [0.2, 0.25) is 0 Å². The zero-order valence-corrected chi connectivity index (χ0v) is 15.2. The number of methoxy groups -OCH3 is 1. The molecule has 1 N–H and O–H groups in total. The summed E-state index contributed by atoms with van der Waals surface area (Å²) in [6.07, 6.45) is 5.60. The molecule has 0 spiro atoms. The molecule has 3 atom stereocenters. The highest BCUT2D eigenvalue weighted by Crippen LogP contribution is 2.50. The minimum Gasteiger partial charge on any atom is -0.465 e. The number of hydrogen-bond acceptors (Lipinski definition) is 3. The van der Waals surface area contributed by atoms with Crippen molar-refractivity contribution in [1.82, 2.24) is 0 Å². The minimum absolute atomic E-state index is 0.243. The molecule has 134 valence electrons. The Labute approximate surface area is 158 Å². The minimum atomic E-state index is -0.285. The Morgan fingerprint density at radius 1 is 1.04 bits per heavy atom. The molecule has 0 fully saturated rings. The number of esters is 1. The van der Waals surface area contributed by atoms with E-state index in [1.165, 1.54) is 29.0 Å². The number of anilines is 1. The van der Waals surface area contributed by atoms with Crippen molar-refractivity contribution < 1.29 is 9.53 Å². The van der Waals surface area contributed by atoms with Gasteiger partial charge in [0.2, 0.25) is 0 Å². The zero-order chi connectivity index (χ0) is 18.4. The van der Waals surface area contributed by atoms with Gasteiger partial charge in [0.15, 0.2) is 0 Å². The fourth-order valence-electron chi connectivity index (χ4n) is 4.67. The molecule has 0 radical (unpaired) electrons. The van der Waals surface area contributed by atoms with Crippen LogP contribution in [0.4, 0.5) is 5.69 Å². The van der Waals surface area contributed by atoms with Gasteiger partial charge in [0, 0.05) is 11.6 Å². The summed E-state index contributed by atoms with van der Waals surface area (Å²) < 4.78 is 4.90. The topological polar surface area (TPSA) is 38.3 Å². The summed E-state index contributed by atoms with van der Waals surface area (Å²) in [5.41, 5.74) is 4.25. The lowest BCUT2D eigenvalue weighted by Crippen LogP contribution is -2.29. The van der Waals surface area contributed by atoms with Crippen molar-refractivity contribution in [2.24, 2.45) is 5.92 Å². The summed E-state index contributed by atoms with van der Waals surface area (Å²) in [6, 6.07) is 21.2. The van der Waals surface area contributed by atoms with E-state index in [4.69, 9.17) is 4.74 Å². The number of fused-ring (bicyclic) bond motifs is 4. The maximum Gasteiger partial charge on any atom is 0.337 e. The molecule has 3 aromatic rings. The lowest BCUT2D eigenvalue weighted by molar-refractivity contribution is 0.0600. The van der Waals surface area contributed by atoms with E-state index in [-0.39, 0.29) is 12.0 Å². The molecule has 3 aromatic carbocycles. The maximum absolute atomic E-state index is 12.0. The molecule has 2 aliphatic rings. The van der Waals surface area contributed by atoms with Crippen molar-refractivity contribution >= 4 is 22.4 Å². The Bertz CT molecular complexity index is 1060. The van der Waals surface area contributed by atoms with Crippen LogP contribution in [0.15, 0.2) is 72.8 Å². The lowest BCUT2D eigenvalue weighted by atomic mass is 9.76. The normalized spacial score (nSPS) is 22.8. The van der Waals surface area contributed by atoms with E-state index >= 15 is 0 Å². The molecule has 1 heterocycles. The van der Waals surface area contributed by atoms with E-state index in [0.29, 0.717) is 17.4 Å². The quantitative estimate of drug-likeness (QED) is 0.490. The molecule has 1 aliphatic heterocycles. The number of rotatable bonds is 2. The molecular formula is C24H21NO2. The predicted molar refractivity (Wildman–Crippen MR) is 108 cm³/mol. The first kappa shape index (κ1) is 16.1. The van der Waals surface area contributed by atoms with Gasteiger partial charge < -0.3 is 10.1 Å². The van der Waals surface area contributed by atoms with E-state index in [1.807, 2.05) is 18.2 Å². The van der Waals surface area contributed by atoms with Crippen molar-refractivity contribution in [3.63, 3.8) is 0 Å². The van der Waals surface area contributed by atoms with Crippen LogP contribution in [0.5, 0.6) is 0 Å². The Morgan fingerprint density at radius 3 is 2.78 bits per heavy atom. The third-order valence-corrected chi connectivity index (χ3v) is 5.94. The largest absolute Gasteiger partial charge is 0.465 e. The van der Waals surface area contributed by atoms with E-state index in [2.05, 4.69) is 59.9 Å². The summed E-state index contributed by atoms with van der Waals surface area (Å²) in [7, 11) is 1.43. The summed E-state index contributed by atoms with van der Waals surface area (Å²) >= 11 is 0. The van der Waals surface area contributed by atoms with Crippen molar-refractivity contribution in [2.45, 2.75) is 18.4 Å². The number of hydrogen-bond donors (Lipinski definition) is 1. The maximum atomic E-state index is 12.0. The third kappa shape index (κ3) is 2.54. The van der Waals surface area contributed by atoms with Gasteiger partial charge in [-0.25, -0.2) is 4.79 Å². The molecule has 0 saturated carbocycles. The summed E-state index contributed by atoms with van der Waals surface area (Å²) in [4.78, 5) is 12.0. The highest BCUT2D eigenvalue weighted by atomic mass is 16.5. The molecule has 3 nitrogen and oxygen atoms in total. The molecule has 0 unspecified atom stereocenters. The standard InChI is InChI=1S/C24H21NO2/c1-27-24(26)16-12-13-22-21(14-16)18-9-5-11-20(18)23(25-22)19-10-4-7-15-6-2-3-8-17(15)19/h2-10,12-14,18,20,23,25H,11H2,1H3/t18-,20-,23-/m0/s1. The van der Waals surface area contributed by atoms with Crippen LogP contribution >= 0.6 is 0 Å². The van der Waals surface area contributed by atoms with Gasteiger partial charge in [0.25, 0.3) is 0 Å². The number of carbonyl (C=O) groups is 1. The van der Waals surface area contributed by atoms with Crippen LogP contribution in [-0.2, 0) is 4.74 Å². The average Bonchev–Trinajstić information content (AvgIpc) is 3.22. The van der Waals surface area contributed by atoms with Gasteiger partial charge in [-0.1, -0.05) is 54.6 Å². The van der Waals surface area contributed by atoms with Crippen molar-refractivity contribution in [2.75, 3.05) is 12.4 Å². The zero-order valence-electron chi connectivity index (χ0n) is 15.2. The van der Waals surface area contributed by atoms with Gasteiger partial charge in [-0.05, 0) is 52.4 Å². The Hall–Kier alpha value is -3.07. The van der Waals surface area contributed by atoms with E-state index in [0.717, 1.165) is 12.1 Å². The first-order valence-corrected chi connectivity index (χ1v) is 9.39. The van der Waals surface area contributed by atoms with Crippen molar-refractivity contribution in [3.8, 4) is 0 Å². The van der Waals surface area contributed by atoms with Crippen LogP contribution in [-0.4, -0.2) is 13.1 Å². The van der Waals surface area contributed by atoms with Crippen LogP contribution in [0.25, 0.3) is 10.8 Å². The molecule has 5 rings (SSSR count). The van der Waals surface area contributed by atoms with Crippen LogP contribution < -0.4 is 5.32 Å². The Morgan fingerprint density at radius 2 is 1.89 bits per heavy atom. The Balaban J connectivity index is 1.62. The number of benzene rings is 3. The molecule has 3 heteroatoms. The molecule has 0 saturated heterocycles. The number of allylic oxidation sites excluding steroid dienone is 2. The molecular weight excluding hydrogens is 334 g/mol. The van der Waals surface area contributed by atoms with Crippen LogP contribution in [0, 0.1) is 5.92 Å². The highest BCUT2D eigenvalue weighted by Gasteiger charge is 2.38. The van der Waals surface area contributed by atoms with E-state index in [1.54, 1.807) is 0 Å². The molecule has 0 amide bonds. The number of ether oxygens (including phenoxy) is 1. The van der Waals surface area contributed by atoms with E-state index < -0.39 is 0 Å². The monoisotopic (exact) mass is 355 g/mol. The lowest BCUT2D eigenvalue weighted by Gasteiger charge is -2.38. The SMILES string of the molecule is COC(=O)c1ccc2c(c1)[C@H]1C=CC[C@@H]1[C@H](c1cccc3ccccc13)N2. The number of nitrogens with one attached hydrogen (secondary N) is 1. The van der Waals surface area contributed by atoms with Crippen molar-refractivity contribution in [3.05, 3.63) is 89.5 Å². The molecule has 1 aliphatic carbocycles. The second-order valence-corrected chi connectivity index (χ2v) is 7.34. The van der Waals surface area contributed by atoms with Gasteiger partial charge in [-0.2, -0.15) is 0 Å². The summed E-state index contributed by atoms with van der Waals surface area (Å²) in [6.45, 7) is 0. The van der Waals surface area contributed by atoms with Crippen LogP contribution in [0.3, 0.4) is 0 Å². The first-order chi connectivity index (χ1) is 13.3. The van der Waals surface area contributed by atoms with Gasteiger partial charge in [0.1, 0.15) is 0 Å². The van der Waals surface area contributed by atoms with Crippen molar-refractivity contribution in [1.29, 1.82) is 0 Å². The van der Waals surface area contributed by atoms with Gasteiger partial charge in [-0.3, -0.25) is 0 Å². The average molecular weight is 355 g/mol. The molecule has 0 aromatic heterocycles. The second-order valence-electron chi connectivity index (χ2n) is 7.34. The summed E-state index contributed by atoms with van der Waals surface area (Å²) in [5, 5.41) is 6.34. The molecule has 0 bridgehead atoms. The van der Waals surface area contributed by atoms with Crippen LogP contribution in [0.1, 0.15) is 39.9 Å². The smallest absolute Gasteiger partial charge is 0.337 e. The summed E-state index contributed by atoms with van der Waals surface area (Å²) in [5.74, 6) is 0.471. The Kier molecular flexibility index (Phi) is 3.75. The highest BCUT2D eigenvalue weighted by molar-refractivity contribution is 5.91. The number of carbonyl (C=O) groups excluding carboxylic acids is 1. The van der Waals surface area contributed by atoms with E-state index in [9.17, 15) is 4.79 Å². The fraction of sp³-hybridized carbons (Fsp3) is 0.208. The second kappa shape index (κ2) is 6.27. The predicted octanol–water partition coefficient (Wildman–Crippen LogP) is 5.45. The van der Waals surface area contributed by atoms with Gasteiger partial charge in [0.05, 0.1) is 18.7 Å². The third-order valence-electron chi connectivity index (χ3n) is 5.94. The molecule has 27 heavy (non-hydrogen) atoms.